The zero-order valence-electron chi connectivity index (χ0n) is 13.2. The topological polar surface area (TPSA) is 72.9 Å². The highest BCUT2D eigenvalue weighted by atomic mass is 32.2. The SMILES string of the molecule is COc1ccc2c(c1)C(C)C(=O)N(C)[C@H](COS(C)(=O)=O)C2. The van der Waals surface area contributed by atoms with Gasteiger partial charge in [-0.05, 0) is 36.6 Å². The third-order valence-electron chi connectivity index (χ3n) is 4.02. The molecule has 2 rings (SSSR count). The fourth-order valence-corrected chi connectivity index (χ4v) is 3.08. The van der Waals surface area contributed by atoms with Crippen molar-refractivity contribution in [3.05, 3.63) is 29.3 Å². The molecule has 2 atom stereocenters. The zero-order chi connectivity index (χ0) is 16.5. The molecule has 1 aromatic carbocycles. The molecule has 0 aliphatic carbocycles. The van der Waals surface area contributed by atoms with Crippen molar-refractivity contribution in [2.45, 2.75) is 25.3 Å². The van der Waals surface area contributed by atoms with E-state index in [-0.39, 0.29) is 24.5 Å². The summed E-state index contributed by atoms with van der Waals surface area (Å²) in [6.45, 7) is 1.80. The van der Waals surface area contributed by atoms with Crippen LogP contribution in [0.3, 0.4) is 0 Å². The highest BCUT2D eigenvalue weighted by molar-refractivity contribution is 7.85. The number of methoxy groups -OCH3 is 1. The molecule has 0 bridgehead atoms. The van der Waals surface area contributed by atoms with Crippen LogP contribution in [0.25, 0.3) is 0 Å². The van der Waals surface area contributed by atoms with Crippen molar-refractivity contribution in [2.75, 3.05) is 27.0 Å². The minimum absolute atomic E-state index is 0.0424. The van der Waals surface area contributed by atoms with E-state index in [9.17, 15) is 13.2 Å². The molecule has 0 radical (unpaired) electrons. The van der Waals surface area contributed by atoms with Crippen molar-refractivity contribution >= 4 is 16.0 Å². The number of amides is 1. The van der Waals surface area contributed by atoms with Gasteiger partial charge in [-0.3, -0.25) is 8.98 Å². The largest absolute Gasteiger partial charge is 0.497 e. The van der Waals surface area contributed by atoms with Gasteiger partial charge < -0.3 is 9.64 Å². The van der Waals surface area contributed by atoms with Gasteiger partial charge in [0.1, 0.15) is 5.75 Å². The molecule has 0 spiro atoms. The number of carbonyl (C=O) groups excluding carboxylic acids is 1. The smallest absolute Gasteiger partial charge is 0.264 e. The van der Waals surface area contributed by atoms with E-state index in [1.54, 1.807) is 19.1 Å². The van der Waals surface area contributed by atoms with E-state index in [1.807, 2.05) is 25.1 Å². The van der Waals surface area contributed by atoms with Gasteiger partial charge in [0.15, 0.2) is 0 Å². The summed E-state index contributed by atoms with van der Waals surface area (Å²) in [6.07, 6.45) is 1.55. The first kappa shape index (κ1) is 16.8. The van der Waals surface area contributed by atoms with Crippen molar-refractivity contribution in [2.24, 2.45) is 0 Å². The number of rotatable bonds is 4. The number of likely N-dealkylation sites (N-methyl/N-ethyl adjacent to an activating group) is 1. The summed E-state index contributed by atoms with van der Waals surface area (Å²) in [6, 6.07) is 5.31. The Morgan fingerprint density at radius 2 is 2.05 bits per heavy atom. The Balaban J connectivity index is 2.34. The first-order valence-corrected chi connectivity index (χ1v) is 8.82. The Bertz CT molecular complexity index is 671. The maximum Gasteiger partial charge on any atom is 0.264 e. The van der Waals surface area contributed by atoms with Gasteiger partial charge in [-0.2, -0.15) is 8.42 Å². The molecule has 1 aliphatic rings. The Hall–Kier alpha value is -1.60. The lowest BCUT2D eigenvalue weighted by molar-refractivity contribution is -0.133. The maximum atomic E-state index is 12.5. The second-order valence-corrected chi connectivity index (χ2v) is 7.23. The molecule has 122 valence electrons. The van der Waals surface area contributed by atoms with Crippen molar-refractivity contribution in [1.29, 1.82) is 0 Å². The standard InChI is InChI=1S/C15H21NO5S/c1-10-14-8-13(20-3)6-5-11(14)7-12(16(2)15(10)17)9-21-22(4,18)19/h5-6,8,10,12H,7,9H2,1-4H3/t10?,12-/m0/s1. The predicted octanol–water partition coefficient (Wildman–Crippen LogP) is 1.16. The number of hydrogen-bond acceptors (Lipinski definition) is 5. The Morgan fingerprint density at radius 3 is 2.64 bits per heavy atom. The third-order valence-corrected chi connectivity index (χ3v) is 4.58. The van der Waals surface area contributed by atoms with Gasteiger partial charge in [0.2, 0.25) is 5.91 Å². The Kier molecular flexibility index (Phi) is 4.77. The van der Waals surface area contributed by atoms with Gasteiger partial charge >= 0.3 is 0 Å². The van der Waals surface area contributed by atoms with Crippen LogP contribution in [0.15, 0.2) is 18.2 Å². The maximum absolute atomic E-state index is 12.5. The third kappa shape index (κ3) is 3.59. The average Bonchev–Trinajstić information content (AvgIpc) is 2.55. The van der Waals surface area contributed by atoms with Crippen LogP contribution in [0, 0.1) is 0 Å². The van der Waals surface area contributed by atoms with Crippen LogP contribution >= 0.6 is 0 Å². The van der Waals surface area contributed by atoms with Gasteiger partial charge in [-0.15, -0.1) is 0 Å². The predicted molar refractivity (Wildman–Crippen MR) is 82.5 cm³/mol. The van der Waals surface area contributed by atoms with Crippen molar-refractivity contribution < 1.29 is 22.1 Å². The molecule has 0 saturated carbocycles. The summed E-state index contributed by atoms with van der Waals surface area (Å²) < 4.78 is 32.5. The van der Waals surface area contributed by atoms with E-state index < -0.39 is 10.1 Å². The highest BCUT2D eigenvalue weighted by Crippen LogP contribution is 2.31. The van der Waals surface area contributed by atoms with E-state index in [2.05, 4.69) is 0 Å². The summed E-state index contributed by atoms with van der Waals surface area (Å²) in [4.78, 5) is 14.1. The molecule has 22 heavy (non-hydrogen) atoms. The average molecular weight is 327 g/mol. The van der Waals surface area contributed by atoms with Crippen molar-refractivity contribution in [3.63, 3.8) is 0 Å². The molecule has 0 saturated heterocycles. The zero-order valence-corrected chi connectivity index (χ0v) is 14.0. The molecule has 1 heterocycles. The van der Waals surface area contributed by atoms with Crippen LogP contribution in [0.1, 0.15) is 24.0 Å². The van der Waals surface area contributed by atoms with Crippen LogP contribution in [-0.2, 0) is 25.5 Å². The molecular weight excluding hydrogens is 306 g/mol. The second kappa shape index (κ2) is 6.26. The van der Waals surface area contributed by atoms with E-state index >= 15 is 0 Å². The molecule has 0 N–H and O–H groups in total. The number of ether oxygens (including phenoxy) is 1. The number of nitrogens with zero attached hydrogens (tertiary/aromatic N) is 1. The van der Waals surface area contributed by atoms with Gasteiger partial charge in [0.05, 0.1) is 31.9 Å². The van der Waals surface area contributed by atoms with Gasteiger partial charge in [0.25, 0.3) is 10.1 Å². The van der Waals surface area contributed by atoms with E-state index in [1.165, 1.54) is 0 Å². The van der Waals surface area contributed by atoms with Crippen LogP contribution < -0.4 is 4.74 Å². The molecule has 7 heteroatoms. The minimum Gasteiger partial charge on any atom is -0.497 e. The van der Waals surface area contributed by atoms with Crippen LogP contribution in [0.5, 0.6) is 5.75 Å². The number of hydrogen-bond donors (Lipinski definition) is 0. The first-order chi connectivity index (χ1) is 10.2. The fraction of sp³-hybridized carbons (Fsp3) is 0.533. The number of fused-ring (bicyclic) bond motifs is 1. The monoisotopic (exact) mass is 327 g/mol. The number of benzene rings is 1. The normalized spacial score (nSPS) is 22.2. The fourth-order valence-electron chi connectivity index (χ4n) is 2.67. The summed E-state index contributed by atoms with van der Waals surface area (Å²) >= 11 is 0. The summed E-state index contributed by atoms with van der Waals surface area (Å²) in [5, 5.41) is 0. The highest BCUT2D eigenvalue weighted by Gasteiger charge is 2.32. The minimum atomic E-state index is -3.54. The van der Waals surface area contributed by atoms with Gasteiger partial charge in [-0.25, -0.2) is 0 Å². The van der Waals surface area contributed by atoms with Crippen LogP contribution in [-0.4, -0.2) is 52.3 Å². The van der Waals surface area contributed by atoms with E-state index in [4.69, 9.17) is 8.92 Å². The van der Waals surface area contributed by atoms with Gasteiger partial charge in [0, 0.05) is 7.05 Å². The van der Waals surface area contributed by atoms with E-state index in [0.29, 0.717) is 12.2 Å². The lowest BCUT2D eigenvalue weighted by atomic mass is 9.94. The summed E-state index contributed by atoms with van der Waals surface area (Å²) in [5.41, 5.74) is 1.92. The Morgan fingerprint density at radius 1 is 1.36 bits per heavy atom. The molecule has 1 aromatic rings. The molecular formula is C15H21NO5S. The summed E-state index contributed by atoms with van der Waals surface area (Å²) in [7, 11) is -0.274. The lowest BCUT2D eigenvalue weighted by Gasteiger charge is -2.26. The van der Waals surface area contributed by atoms with Crippen LogP contribution in [0.2, 0.25) is 0 Å². The summed E-state index contributed by atoms with van der Waals surface area (Å²) in [5.74, 6) is 0.333. The first-order valence-electron chi connectivity index (χ1n) is 7.01. The quantitative estimate of drug-likeness (QED) is 0.776. The van der Waals surface area contributed by atoms with Crippen LogP contribution in [0.4, 0.5) is 0 Å². The molecule has 0 aromatic heterocycles. The molecule has 1 amide bonds. The van der Waals surface area contributed by atoms with Crippen molar-refractivity contribution in [1.82, 2.24) is 4.90 Å². The van der Waals surface area contributed by atoms with E-state index in [0.717, 1.165) is 17.4 Å². The second-order valence-electron chi connectivity index (χ2n) is 5.58. The molecule has 0 fully saturated rings. The van der Waals surface area contributed by atoms with Gasteiger partial charge in [-0.1, -0.05) is 6.07 Å². The molecule has 1 unspecified atom stereocenters. The lowest BCUT2D eigenvalue weighted by Crippen LogP contribution is -2.41. The van der Waals surface area contributed by atoms with Crippen molar-refractivity contribution in [3.8, 4) is 5.75 Å². The number of carbonyl (C=O) groups is 1. The molecule has 1 aliphatic heterocycles. The molecule has 6 nitrogen and oxygen atoms in total. The Labute approximate surface area is 131 Å².